The Hall–Kier alpha value is -2.04. The van der Waals surface area contributed by atoms with Gasteiger partial charge < -0.3 is 4.57 Å². The maximum absolute atomic E-state index is 12.7. The van der Waals surface area contributed by atoms with Gasteiger partial charge in [0.05, 0.1) is 12.2 Å². The Kier molecular flexibility index (Phi) is 4.87. The molecule has 0 radical (unpaired) electrons. The summed E-state index contributed by atoms with van der Waals surface area (Å²) >= 11 is 0. The fourth-order valence-electron chi connectivity index (χ4n) is 3.75. The van der Waals surface area contributed by atoms with Crippen LogP contribution in [0.4, 0.5) is 0 Å². The van der Waals surface area contributed by atoms with Crippen LogP contribution in [0.3, 0.4) is 0 Å². The molecule has 2 aromatic heterocycles. The molecule has 0 aromatic carbocycles. The average Bonchev–Trinajstić information content (AvgIpc) is 3.28. The van der Waals surface area contributed by atoms with Crippen molar-refractivity contribution in [3.05, 3.63) is 40.1 Å². The van der Waals surface area contributed by atoms with Crippen molar-refractivity contribution in [1.82, 2.24) is 28.5 Å². The van der Waals surface area contributed by atoms with Gasteiger partial charge in [0.2, 0.25) is 5.16 Å². The first-order valence-electron chi connectivity index (χ1n) is 9.25. The highest BCUT2D eigenvalue weighted by Crippen LogP contribution is 2.17. The Bertz CT molecular complexity index is 988. The number of aryl methyl sites for hydroxylation is 3. The van der Waals surface area contributed by atoms with Crippen molar-refractivity contribution in [3.8, 4) is 0 Å². The molecule has 0 unspecified atom stereocenters. The van der Waals surface area contributed by atoms with Crippen LogP contribution in [0.5, 0.6) is 0 Å². The number of nitrogens with zero attached hydrogens (tertiary/aromatic N) is 6. The van der Waals surface area contributed by atoms with Gasteiger partial charge >= 0.3 is 0 Å². The molecule has 0 N–H and O–H groups in total. The zero-order valence-corrected chi connectivity index (χ0v) is 16.2. The molecule has 9 nitrogen and oxygen atoms in total. The van der Waals surface area contributed by atoms with Gasteiger partial charge in [-0.3, -0.25) is 9.69 Å². The van der Waals surface area contributed by atoms with Crippen LogP contribution >= 0.6 is 0 Å². The molecule has 1 aliphatic heterocycles. The molecule has 146 valence electrons. The maximum Gasteiger partial charge on any atom is 0.277 e. The summed E-state index contributed by atoms with van der Waals surface area (Å²) in [6.45, 7) is 3.30. The standard InChI is InChI=1S/C17H24N6O3S/c1-20-6-5-18-17(20)27(25,26)22-10-7-21(8-11-22)9-12-23-16(24)13-14-3-2-4-15(14)19-23/h5-6,13H,2-4,7-12H2,1H3. The van der Waals surface area contributed by atoms with E-state index in [-0.39, 0.29) is 10.7 Å². The lowest BCUT2D eigenvalue weighted by molar-refractivity contribution is 0.179. The molecule has 0 spiro atoms. The highest BCUT2D eigenvalue weighted by Gasteiger charge is 2.31. The zero-order valence-electron chi connectivity index (χ0n) is 15.4. The molecule has 3 heterocycles. The molecule has 1 aliphatic carbocycles. The summed E-state index contributed by atoms with van der Waals surface area (Å²) in [5, 5.41) is 4.57. The van der Waals surface area contributed by atoms with Crippen LogP contribution in [0, 0.1) is 0 Å². The van der Waals surface area contributed by atoms with E-state index in [4.69, 9.17) is 0 Å². The number of fused-ring (bicyclic) bond motifs is 1. The molecule has 0 amide bonds. The second-order valence-electron chi connectivity index (χ2n) is 7.10. The van der Waals surface area contributed by atoms with Gasteiger partial charge in [-0.05, 0) is 24.8 Å². The van der Waals surface area contributed by atoms with Crippen LogP contribution in [-0.2, 0) is 36.5 Å². The summed E-state index contributed by atoms with van der Waals surface area (Å²) in [7, 11) is -1.88. The lowest BCUT2D eigenvalue weighted by atomic mass is 10.2. The van der Waals surface area contributed by atoms with Crippen molar-refractivity contribution in [2.24, 2.45) is 7.05 Å². The summed E-state index contributed by atoms with van der Waals surface area (Å²) < 4.78 is 29.9. The number of hydrogen-bond acceptors (Lipinski definition) is 6. The second kappa shape index (κ2) is 7.17. The predicted octanol–water partition coefficient (Wildman–Crippen LogP) is -0.528. The van der Waals surface area contributed by atoms with E-state index in [0.29, 0.717) is 39.3 Å². The van der Waals surface area contributed by atoms with Crippen molar-refractivity contribution < 1.29 is 8.42 Å². The largest absolute Gasteiger partial charge is 0.324 e. The van der Waals surface area contributed by atoms with E-state index in [1.165, 1.54) is 15.1 Å². The lowest BCUT2D eigenvalue weighted by Gasteiger charge is -2.33. The summed E-state index contributed by atoms with van der Waals surface area (Å²) in [4.78, 5) is 18.3. The van der Waals surface area contributed by atoms with E-state index >= 15 is 0 Å². The Labute approximate surface area is 158 Å². The molecular formula is C17H24N6O3S. The molecule has 1 saturated heterocycles. The Morgan fingerprint density at radius 3 is 2.59 bits per heavy atom. The van der Waals surface area contributed by atoms with E-state index in [1.54, 1.807) is 24.0 Å². The van der Waals surface area contributed by atoms with Gasteiger partial charge in [0.1, 0.15) is 0 Å². The van der Waals surface area contributed by atoms with Crippen LogP contribution < -0.4 is 5.56 Å². The van der Waals surface area contributed by atoms with Gasteiger partial charge in [-0.25, -0.2) is 18.1 Å². The molecule has 10 heteroatoms. The third-order valence-corrected chi connectivity index (χ3v) is 7.23. The number of piperazine rings is 1. The molecule has 2 aliphatic rings. The Morgan fingerprint density at radius 1 is 1.11 bits per heavy atom. The van der Waals surface area contributed by atoms with Gasteiger partial charge in [-0.15, -0.1) is 0 Å². The van der Waals surface area contributed by atoms with E-state index in [2.05, 4.69) is 15.0 Å². The van der Waals surface area contributed by atoms with Crippen molar-refractivity contribution in [3.63, 3.8) is 0 Å². The van der Waals surface area contributed by atoms with E-state index < -0.39 is 10.0 Å². The number of sulfonamides is 1. The minimum atomic E-state index is -3.56. The Morgan fingerprint density at radius 2 is 1.89 bits per heavy atom. The molecule has 0 saturated carbocycles. The van der Waals surface area contributed by atoms with Crippen molar-refractivity contribution in [2.75, 3.05) is 32.7 Å². The summed E-state index contributed by atoms with van der Waals surface area (Å²) in [5.74, 6) is 0. The number of rotatable bonds is 5. The van der Waals surface area contributed by atoms with Crippen LogP contribution in [0.2, 0.25) is 0 Å². The first-order chi connectivity index (χ1) is 12.9. The van der Waals surface area contributed by atoms with Crippen molar-refractivity contribution >= 4 is 10.0 Å². The quantitative estimate of drug-likeness (QED) is 0.679. The monoisotopic (exact) mass is 392 g/mol. The second-order valence-corrected chi connectivity index (χ2v) is 8.93. The number of imidazole rings is 1. The molecular weight excluding hydrogens is 368 g/mol. The van der Waals surface area contributed by atoms with Gasteiger partial charge in [0.25, 0.3) is 15.6 Å². The van der Waals surface area contributed by atoms with Gasteiger partial charge in [0, 0.05) is 58.2 Å². The predicted molar refractivity (Wildman–Crippen MR) is 98.9 cm³/mol. The zero-order chi connectivity index (χ0) is 19.0. The maximum atomic E-state index is 12.7. The summed E-state index contributed by atoms with van der Waals surface area (Å²) in [6, 6.07) is 1.71. The fraction of sp³-hybridized carbons (Fsp3) is 0.588. The minimum Gasteiger partial charge on any atom is -0.324 e. The van der Waals surface area contributed by atoms with Gasteiger partial charge in [-0.1, -0.05) is 0 Å². The first kappa shape index (κ1) is 18.3. The molecule has 27 heavy (non-hydrogen) atoms. The van der Waals surface area contributed by atoms with Crippen LogP contribution in [0.25, 0.3) is 0 Å². The summed E-state index contributed by atoms with van der Waals surface area (Å²) in [6.07, 6.45) is 6.08. The highest BCUT2D eigenvalue weighted by atomic mass is 32.2. The third kappa shape index (κ3) is 3.56. The normalized spacial score (nSPS) is 18.7. The number of aromatic nitrogens is 4. The van der Waals surface area contributed by atoms with Crippen LogP contribution in [-0.4, -0.2) is 69.7 Å². The minimum absolute atomic E-state index is 0.0494. The van der Waals surface area contributed by atoms with Gasteiger partial charge in [0.15, 0.2) is 0 Å². The molecule has 2 aromatic rings. The Balaban J connectivity index is 1.35. The van der Waals surface area contributed by atoms with Crippen molar-refractivity contribution in [1.29, 1.82) is 0 Å². The SMILES string of the molecule is Cn1ccnc1S(=O)(=O)N1CCN(CCn2nc3c(cc2=O)CCC3)CC1. The van der Waals surface area contributed by atoms with Gasteiger partial charge in [-0.2, -0.15) is 9.40 Å². The smallest absolute Gasteiger partial charge is 0.277 e. The third-order valence-electron chi connectivity index (χ3n) is 5.33. The van der Waals surface area contributed by atoms with E-state index in [0.717, 1.165) is 30.5 Å². The van der Waals surface area contributed by atoms with Crippen LogP contribution in [0.15, 0.2) is 28.4 Å². The average molecular weight is 392 g/mol. The van der Waals surface area contributed by atoms with Crippen molar-refractivity contribution in [2.45, 2.75) is 31.0 Å². The highest BCUT2D eigenvalue weighted by molar-refractivity contribution is 7.89. The molecule has 0 atom stereocenters. The van der Waals surface area contributed by atoms with E-state index in [1.807, 2.05) is 0 Å². The topological polar surface area (TPSA) is 93.3 Å². The lowest BCUT2D eigenvalue weighted by Crippen LogP contribution is -2.49. The molecule has 1 fully saturated rings. The fourth-order valence-corrected chi connectivity index (χ4v) is 5.24. The molecule has 0 bridgehead atoms. The number of hydrogen-bond donors (Lipinski definition) is 0. The molecule has 4 rings (SSSR count). The summed E-state index contributed by atoms with van der Waals surface area (Å²) in [5.41, 5.74) is 2.08. The van der Waals surface area contributed by atoms with Crippen LogP contribution in [0.1, 0.15) is 17.7 Å². The first-order valence-corrected chi connectivity index (χ1v) is 10.7. The van der Waals surface area contributed by atoms with E-state index in [9.17, 15) is 13.2 Å².